The average Bonchev–Trinajstić information content (AvgIpc) is 2.50. The van der Waals surface area contributed by atoms with Crippen LogP contribution in [0.4, 0.5) is 0 Å². The van der Waals surface area contributed by atoms with Crippen molar-refractivity contribution in [1.29, 1.82) is 0 Å². The van der Waals surface area contributed by atoms with Gasteiger partial charge in [-0.05, 0) is 36.5 Å². The Morgan fingerprint density at radius 1 is 1.41 bits per heavy atom. The van der Waals surface area contributed by atoms with Gasteiger partial charge in [-0.1, -0.05) is 31.5 Å². The molecule has 0 aliphatic carbocycles. The first-order valence-electron chi connectivity index (χ1n) is 7.36. The Bertz CT molecular complexity index is 671. The Morgan fingerprint density at radius 3 is 2.91 bits per heavy atom. The molecule has 2 N–H and O–H groups in total. The number of carbonyl (C=O) groups is 1. The van der Waals surface area contributed by atoms with Crippen molar-refractivity contribution in [2.75, 3.05) is 13.2 Å². The van der Waals surface area contributed by atoms with Gasteiger partial charge in [-0.15, -0.1) is 0 Å². The van der Waals surface area contributed by atoms with E-state index in [0.717, 1.165) is 18.2 Å². The number of rotatable bonds is 6. The Morgan fingerprint density at radius 2 is 2.18 bits per heavy atom. The van der Waals surface area contributed by atoms with Crippen LogP contribution in [-0.4, -0.2) is 29.1 Å². The van der Waals surface area contributed by atoms with Crippen LogP contribution in [0.1, 0.15) is 37.0 Å². The number of halogens is 1. The molecule has 0 saturated carbocycles. The van der Waals surface area contributed by atoms with Gasteiger partial charge in [-0.2, -0.15) is 0 Å². The van der Waals surface area contributed by atoms with Crippen LogP contribution >= 0.6 is 11.6 Å². The molecule has 1 aromatic heterocycles. The number of amides is 1. The molecule has 1 aromatic carbocycles. The molecule has 2 rings (SSSR count). The molecule has 0 fully saturated rings. The van der Waals surface area contributed by atoms with E-state index >= 15 is 0 Å². The Kier molecular flexibility index (Phi) is 5.37. The molecule has 1 amide bonds. The number of nitrogens with zero attached hydrogens (tertiary/aromatic N) is 1. The predicted molar refractivity (Wildman–Crippen MR) is 89.2 cm³/mol. The first-order valence-corrected chi connectivity index (χ1v) is 7.74. The minimum atomic E-state index is -0.173. The fourth-order valence-electron chi connectivity index (χ4n) is 2.27. The van der Waals surface area contributed by atoms with Crippen molar-refractivity contribution in [3.8, 4) is 0 Å². The third kappa shape index (κ3) is 4.18. The van der Waals surface area contributed by atoms with Gasteiger partial charge in [-0.3, -0.25) is 9.78 Å². The number of aliphatic hydroxyl groups is 1. The summed E-state index contributed by atoms with van der Waals surface area (Å²) in [5, 5.41) is 13.5. The summed E-state index contributed by atoms with van der Waals surface area (Å²) in [4.78, 5) is 16.6. The van der Waals surface area contributed by atoms with E-state index in [1.165, 1.54) is 0 Å². The predicted octanol–water partition coefficient (Wildman–Crippen LogP) is 3.42. The number of fused-ring (bicyclic) bond motifs is 1. The van der Waals surface area contributed by atoms with Crippen molar-refractivity contribution >= 4 is 28.4 Å². The first-order chi connectivity index (χ1) is 10.4. The largest absolute Gasteiger partial charge is 0.396 e. The van der Waals surface area contributed by atoms with Gasteiger partial charge in [-0.25, -0.2) is 0 Å². The van der Waals surface area contributed by atoms with Crippen molar-refractivity contribution in [2.45, 2.75) is 26.7 Å². The fraction of sp³-hybridized carbons (Fsp3) is 0.412. The van der Waals surface area contributed by atoms with Crippen LogP contribution in [0.3, 0.4) is 0 Å². The van der Waals surface area contributed by atoms with E-state index in [4.69, 9.17) is 11.6 Å². The lowest BCUT2D eigenvalue weighted by Crippen LogP contribution is -2.26. The summed E-state index contributed by atoms with van der Waals surface area (Å²) in [7, 11) is 0. The molecule has 0 radical (unpaired) electrons. The van der Waals surface area contributed by atoms with Gasteiger partial charge >= 0.3 is 0 Å². The lowest BCUT2D eigenvalue weighted by atomic mass is 9.89. The number of benzene rings is 1. The monoisotopic (exact) mass is 320 g/mol. The number of carbonyl (C=O) groups excluding carboxylic acids is 1. The summed E-state index contributed by atoms with van der Waals surface area (Å²) in [6.45, 7) is 4.71. The molecule has 5 heteroatoms. The van der Waals surface area contributed by atoms with Crippen LogP contribution in [0.25, 0.3) is 10.9 Å². The third-order valence-corrected chi connectivity index (χ3v) is 3.88. The normalized spacial score (nSPS) is 11.6. The molecule has 0 unspecified atom stereocenters. The molecule has 0 aliphatic heterocycles. The van der Waals surface area contributed by atoms with Crippen molar-refractivity contribution in [1.82, 2.24) is 10.3 Å². The van der Waals surface area contributed by atoms with Crippen molar-refractivity contribution in [3.05, 3.63) is 41.0 Å². The smallest absolute Gasteiger partial charge is 0.253 e. The molecule has 22 heavy (non-hydrogen) atoms. The van der Waals surface area contributed by atoms with Gasteiger partial charge in [0.15, 0.2) is 0 Å². The standard InChI is InChI=1S/C17H21ClN2O2/c1-17(2,11-21)6-4-8-20-16(22)14-10-13(18)9-12-5-3-7-19-15(12)14/h3,5,7,9-10,21H,4,6,8,11H2,1-2H3,(H,20,22). The zero-order valence-corrected chi connectivity index (χ0v) is 13.7. The number of pyridine rings is 1. The molecule has 0 spiro atoms. The summed E-state index contributed by atoms with van der Waals surface area (Å²) in [6, 6.07) is 7.14. The van der Waals surface area contributed by atoms with E-state index in [1.807, 2.05) is 26.0 Å². The zero-order valence-electron chi connectivity index (χ0n) is 12.9. The Labute approximate surface area is 135 Å². The average molecular weight is 321 g/mol. The highest BCUT2D eigenvalue weighted by molar-refractivity contribution is 6.32. The Hall–Kier alpha value is -1.65. The lowest BCUT2D eigenvalue weighted by molar-refractivity contribution is 0.0950. The van der Waals surface area contributed by atoms with E-state index in [1.54, 1.807) is 18.3 Å². The van der Waals surface area contributed by atoms with Crippen LogP contribution in [0, 0.1) is 5.41 Å². The highest BCUT2D eigenvalue weighted by atomic mass is 35.5. The van der Waals surface area contributed by atoms with Crippen molar-refractivity contribution in [2.24, 2.45) is 5.41 Å². The van der Waals surface area contributed by atoms with Crippen LogP contribution in [-0.2, 0) is 0 Å². The van der Waals surface area contributed by atoms with Crippen molar-refractivity contribution in [3.63, 3.8) is 0 Å². The summed E-state index contributed by atoms with van der Waals surface area (Å²) >= 11 is 6.07. The third-order valence-electron chi connectivity index (χ3n) is 3.66. The fourth-order valence-corrected chi connectivity index (χ4v) is 2.50. The second-order valence-electron chi connectivity index (χ2n) is 6.21. The molecule has 0 saturated heterocycles. The molecule has 118 valence electrons. The van der Waals surface area contributed by atoms with Gasteiger partial charge in [0.2, 0.25) is 0 Å². The molecule has 2 aromatic rings. The molecular formula is C17H21ClN2O2. The zero-order chi connectivity index (χ0) is 16.2. The van der Waals surface area contributed by atoms with Crippen LogP contribution in [0.2, 0.25) is 5.02 Å². The molecular weight excluding hydrogens is 300 g/mol. The van der Waals surface area contributed by atoms with Crippen LogP contribution < -0.4 is 5.32 Å². The highest BCUT2D eigenvalue weighted by Gasteiger charge is 2.16. The topological polar surface area (TPSA) is 62.2 Å². The molecule has 1 heterocycles. The van der Waals surface area contributed by atoms with Crippen molar-refractivity contribution < 1.29 is 9.90 Å². The Balaban J connectivity index is 2.04. The maximum Gasteiger partial charge on any atom is 0.253 e. The molecule has 0 atom stereocenters. The number of hydrogen-bond donors (Lipinski definition) is 2. The summed E-state index contributed by atoms with van der Waals surface area (Å²) in [6.07, 6.45) is 3.32. The van der Waals surface area contributed by atoms with Gasteiger partial charge in [0, 0.05) is 29.8 Å². The summed E-state index contributed by atoms with van der Waals surface area (Å²) in [5.41, 5.74) is 1.03. The number of nitrogens with one attached hydrogen (secondary N) is 1. The van der Waals surface area contributed by atoms with Crippen LogP contribution in [0.5, 0.6) is 0 Å². The molecule has 0 bridgehead atoms. The number of aliphatic hydroxyl groups excluding tert-OH is 1. The van der Waals surface area contributed by atoms with E-state index in [2.05, 4.69) is 10.3 Å². The minimum absolute atomic E-state index is 0.116. The van der Waals surface area contributed by atoms with E-state index in [0.29, 0.717) is 22.6 Å². The minimum Gasteiger partial charge on any atom is -0.396 e. The maximum absolute atomic E-state index is 12.3. The maximum atomic E-state index is 12.3. The van der Waals surface area contributed by atoms with Gasteiger partial charge < -0.3 is 10.4 Å². The SMILES string of the molecule is CC(C)(CO)CCCNC(=O)c1cc(Cl)cc2cccnc12. The number of hydrogen-bond acceptors (Lipinski definition) is 3. The summed E-state index contributed by atoms with van der Waals surface area (Å²) < 4.78 is 0. The lowest BCUT2D eigenvalue weighted by Gasteiger charge is -2.21. The number of aromatic nitrogens is 1. The summed E-state index contributed by atoms with van der Waals surface area (Å²) in [5.74, 6) is -0.173. The van der Waals surface area contributed by atoms with E-state index in [-0.39, 0.29) is 17.9 Å². The quantitative estimate of drug-likeness (QED) is 0.802. The molecule has 0 aliphatic rings. The first kappa shape index (κ1) is 16.7. The van der Waals surface area contributed by atoms with E-state index < -0.39 is 0 Å². The van der Waals surface area contributed by atoms with Crippen LogP contribution in [0.15, 0.2) is 30.5 Å². The van der Waals surface area contributed by atoms with Gasteiger partial charge in [0.05, 0.1) is 11.1 Å². The second-order valence-corrected chi connectivity index (χ2v) is 6.65. The van der Waals surface area contributed by atoms with Gasteiger partial charge in [0.1, 0.15) is 0 Å². The van der Waals surface area contributed by atoms with Gasteiger partial charge in [0.25, 0.3) is 5.91 Å². The van der Waals surface area contributed by atoms with E-state index in [9.17, 15) is 9.90 Å². The molecule has 4 nitrogen and oxygen atoms in total. The highest BCUT2D eigenvalue weighted by Crippen LogP contribution is 2.23. The second kappa shape index (κ2) is 7.07.